The number of benzene rings is 1. The van der Waals surface area contributed by atoms with E-state index in [1.165, 1.54) is 6.42 Å². The Balaban J connectivity index is 1.58. The van der Waals surface area contributed by atoms with Crippen LogP contribution in [0.1, 0.15) is 53.8 Å². The first kappa shape index (κ1) is 18.8. The van der Waals surface area contributed by atoms with Crippen LogP contribution >= 0.6 is 11.6 Å². The van der Waals surface area contributed by atoms with Crippen molar-refractivity contribution in [3.05, 3.63) is 46.2 Å². The fourth-order valence-corrected chi connectivity index (χ4v) is 4.20. The summed E-state index contributed by atoms with van der Waals surface area (Å²) in [4.78, 5) is 26.1. The van der Waals surface area contributed by atoms with Crippen LogP contribution in [0.2, 0.25) is 5.02 Å². The molecule has 0 atom stereocenters. The van der Waals surface area contributed by atoms with Crippen LogP contribution in [0, 0.1) is 0 Å². The highest BCUT2D eigenvalue weighted by atomic mass is 35.5. The number of carbonyl (C=O) groups is 2. The summed E-state index contributed by atoms with van der Waals surface area (Å²) in [5.74, 6) is -1.08. The van der Waals surface area contributed by atoms with Gasteiger partial charge in [0.2, 0.25) is 0 Å². The van der Waals surface area contributed by atoms with Crippen molar-refractivity contribution in [3.8, 4) is 5.69 Å². The normalized spacial score (nSPS) is 17.2. The van der Waals surface area contributed by atoms with Crippen molar-refractivity contribution in [1.82, 2.24) is 20.0 Å². The molecule has 2 N–H and O–H groups in total. The Hall–Kier alpha value is -2.54. The van der Waals surface area contributed by atoms with Gasteiger partial charge in [-0.15, -0.1) is 0 Å². The van der Waals surface area contributed by atoms with Gasteiger partial charge in [-0.3, -0.25) is 0 Å². The summed E-state index contributed by atoms with van der Waals surface area (Å²) < 4.78 is 1.66. The summed E-state index contributed by atoms with van der Waals surface area (Å²) in [7, 11) is 0. The van der Waals surface area contributed by atoms with Crippen LogP contribution in [0.15, 0.2) is 24.3 Å². The number of nitrogens with zero attached hydrogens (tertiary/aromatic N) is 3. The molecule has 1 saturated carbocycles. The third-order valence-corrected chi connectivity index (χ3v) is 5.80. The van der Waals surface area contributed by atoms with E-state index in [2.05, 4.69) is 10.4 Å². The Morgan fingerprint density at radius 1 is 1.14 bits per heavy atom. The molecule has 0 bridgehead atoms. The second-order valence-electron chi connectivity index (χ2n) is 7.42. The average Bonchev–Trinajstić information content (AvgIpc) is 3.08. The molecule has 1 aliphatic carbocycles. The third-order valence-electron chi connectivity index (χ3n) is 5.55. The van der Waals surface area contributed by atoms with Crippen molar-refractivity contribution in [2.75, 3.05) is 6.54 Å². The first-order chi connectivity index (χ1) is 13.5. The molecule has 2 heterocycles. The van der Waals surface area contributed by atoms with Crippen LogP contribution in [0.3, 0.4) is 0 Å². The zero-order valence-electron chi connectivity index (χ0n) is 15.5. The van der Waals surface area contributed by atoms with Gasteiger partial charge in [0.1, 0.15) is 0 Å². The number of amides is 2. The highest BCUT2D eigenvalue weighted by molar-refractivity contribution is 6.30. The lowest BCUT2D eigenvalue weighted by atomic mass is 9.95. The third kappa shape index (κ3) is 3.71. The quantitative estimate of drug-likeness (QED) is 0.820. The number of hydrogen-bond donors (Lipinski definition) is 2. The van der Waals surface area contributed by atoms with E-state index in [0.29, 0.717) is 23.6 Å². The summed E-state index contributed by atoms with van der Waals surface area (Å²) in [5.41, 5.74) is 2.20. The first-order valence-corrected chi connectivity index (χ1v) is 10.1. The fourth-order valence-electron chi connectivity index (χ4n) is 4.07. The van der Waals surface area contributed by atoms with Gasteiger partial charge in [0.05, 0.1) is 17.9 Å². The van der Waals surface area contributed by atoms with E-state index in [1.54, 1.807) is 21.7 Å². The van der Waals surface area contributed by atoms with E-state index in [4.69, 9.17) is 11.6 Å². The maximum atomic E-state index is 12.7. The van der Waals surface area contributed by atoms with Crippen LogP contribution in [0.25, 0.3) is 5.69 Å². The summed E-state index contributed by atoms with van der Waals surface area (Å²) in [6.07, 6.45) is 6.10. The number of carboxylic acid groups (broad SMARTS) is 1. The van der Waals surface area contributed by atoms with E-state index in [9.17, 15) is 14.7 Å². The van der Waals surface area contributed by atoms with E-state index in [-0.39, 0.29) is 24.3 Å². The smallest absolute Gasteiger partial charge is 0.356 e. The molecule has 2 amide bonds. The van der Waals surface area contributed by atoms with Gasteiger partial charge in [-0.25, -0.2) is 14.3 Å². The maximum Gasteiger partial charge on any atom is 0.356 e. The van der Waals surface area contributed by atoms with Crippen LogP contribution in [-0.2, 0) is 13.0 Å². The Kier molecular flexibility index (Phi) is 5.26. The lowest BCUT2D eigenvalue weighted by molar-refractivity contribution is 0.0687. The average molecular weight is 403 g/mol. The van der Waals surface area contributed by atoms with Gasteiger partial charge in [-0.1, -0.05) is 30.9 Å². The molecule has 1 aliphatic heterocycles. The highest BCUT2D eigenvalue weighted by Crippen LogP contribution is 2.27. The zero-order chi connectivity index (χ0) is 19.7. The number of carbonyl (C=O) groups excluding carboxylic acids is 1. The van der Waals surface area contributed by atoms with Crippen molar-refractivity contribution in [1.29, 1.82) is 0 Å². The van der Waals surface area contributed by atoms with Gasteiger partial charge in [0, 0.05) is 29.6 Å². The minimum atomic E-state index is -1.08. The van der Waals surface area contributed by atoms with Gasteiger partial charge in [-0.05, 0) is 37.1 Å². The molecule has 2 aromatic rings. The van der Waals surface area contributed by atoms with Crippen LogP contribution in [0.4, 0.5) is 4.79 Å². The molecule has 1 aromatic carbocycles. The van der Waals surface area contributed by atoms with E-state index in [1.807, 2.05) is 12.1 Å². The van der Waals surface area contributed by atoms with E-state index >= 15 is 0 Å². The molecule has 8 heteroatoms. The van der Waals surface area contributed by atoms with E-state index < -0.39 is 5.97 Å². The molecule has 0 spiro atoms. The van der Waals surface area contributed by atoms with Crippen LogP contribution in [-0.4, -0.2) is 44.4 Å². The molecular formula is C20H23ClN4O3. The summed E-state index contributed by atoms with van der Waals surface area (Å²) >= 11 is 5.96. The Morgan fingerprint density at radius 3 is 2.54 bits per heavy atom. The summed E-state index contributed by atoms with van der Waals surface area (Å²) in [5, 5.41) is 17.6. The Labute approximate surface area is 168 Å². The molecule has 1 fully saturated rings. The molecule has 0 saturated heterocycles. The molecule has 148 valence electrons. The lowest BCUT2D eigenvalue weighted by Gasteiger charge is -2.31. The first-order valence-electron chi connectivity index (χ1n) is 9.68. The number of rotatable bonds is 3. The van der Waals surface area contributed by atoms with Gasteiger partial charge < -0.3 is 15.3 Å². The minimum Gasteiger partial charge on any atom is -0.476 e. The Morgan fingerprint density at radius 2 is 1.86 bits per heavy atom. The van der Waals surface area contributed by atoms with Crippen LogP contribution in [0.5, 0.6) is 0 Å². The number of nitrogens with one attached hydrogen (secondary N) is 1. The number of halogens is 1. The predicted molar refractivity (Wildman–Crippen MR) is 105 cm³/mol. The van der Waals surface area contributed by atoms with Crippen molar-refractivity contribution in [3.63, 3.8) is 0 Å². The summed E-state index contributed by atoms with van der Waals surface area (Å²) in [6.45, 7) is 0.785. The number of hydrogen-bond acceptors (Lipinski definition) is 3. The lowest BCUT2D eigenvalue weighted by Crippen LogP contribution is -2.47. The molecule has 28 heavy (non-hydrogen) atoms. The van der Waals surface area contributed by atoms with Crippen molar-refractivity contribution < 1.29 is 14.7 Å². The molecule has 2 aliphatic rings. The maximum absolute atomic E-state index is 12.7. The zero-order valence-corrected chi connectivity index (χ0v) is 16.3. The number of carboxylic acids is 1. The molecule has 1 aromatic heterocycles. The van der Waals surface area contributed by atoms with Crippen molar-refractivity contribution in [2.24, 2.45) is 0 Å². The van der Waals surface area contributed by atoms with Gasteiger partial charge in [0.25, 0.3) is 0 Å². The Bertz CT molecular complexity index is 888. The van der Waals surface area contributed by atoms with E-state index in [0.717, 1.165) is 37.1 Å². The second kappa shape index (κ2) is 7.83. The standard InChI is InChI=1S/C20H23ClN4O3/c21-13-6-8-15(9-7-13)25-17-10-11-24(12-16(17)18(23-25)19(26)27)20(28)22-14-4-2-1-3-5-14/h6-9,14H,1-5,10-12H2,(H,22,28)(H,26,27). The molecule has 0 unspecified atom stereocenters. The van der Waals surface area contributed by atoms with Gasteiger partial charge >= 0.3 is 12.0 Å². The molecule has 7 nitrogen and oxygen atoms in total. The topological polar surface area (TPSA) is 87.5 Å². The van der Waals surface area contributed by atoms with Gasteiger partial charge in [-0.2, -0.15) is 5.10 Å². The number of aromatic nitrogens is 2. The molecule has 0 radical (unpaired) electrons. The summed E-state index contributed by atoms with van der Waals surface area (Å²) in [6, 6.07) is 7.22. The fraction of sp³-hybridized carbons (Fsp3) is 0.450. The SMILES string of the molecule is O=C(O)c1nn(-c2ccc(Cl)cc2)c2c1CN(C(=O)NC1CCCCC1)CC2. The van der Waals surface area contributed by atoms with Crippen molar-refractivity contribution >= 4 is 23.6 Å². The number of fused-ring (bicyclic) bond motifs is 1. The van der Waals surface area contributed by atoms with Gasteiger partial charge in [0.15, 0.2) is 5.69 Å². The van der Waals surface area contributed by atoms with Crippen molar-refractivity contribution in [2.45, 2.75) is 51.1 Å². The number of aromatic carboxylic acids is 1. The monoisotopic (exact) mass is 402 g/mol. The van der Waals surface area contributed by atoms with Crippen LogP contribution < -0.4 is 5.32 Å². The predicted octanol–water partition coefficient (Wildman–Crippen LogP) is 3.62. The second-order valence-corrected chi connectivity index (χ2v) is 7.86. The highest BCUT2D eigenvalue weighted by Gasteiger charge is 2.31. The minimum absolute atomic E-state index is 0.000108. The number of urea groups is 1. The molecule has 4 rings (SSSR count). The largest absolute Gasteiger partial charge is 0.476 e. The molecular weight excluding hydrogens is 380 g/mol.